The van der Waals surface area contributed by atoms with Crippen LogP contribution in [-0.2, 0) is 16.0 Å². The van der Waals surface area contributed by atoms with Gasteiger partial charge < -0.3 is 4.74 Å². The Labute approximate surface area is 196 Å². The number of fused-ring (bicyclic) bond motifs is 1. The van der Waals surface area contributed by atoms with Crippen molar-refractivity contribution in [2.75, 3.05) is 7.11 Å². The molecule has 33 heavy (non-hydrogen) atoms. The number of hydrogen-bond donors (Lipinski definition) is 0. The number of allylic oxidation sites excluding steroid dienone is 6. The zero-order valence-electron chi connectivity index (χ0n) is 20.0. The molecule has 0 saturated heterocycles. The third kappa shape index (κ3) is 4.95. The number of benzene rings is 1. The maximum absolute atomic E-state index is 13.5. The Morgan fingerprint density at radius 3 is 2.45 bits per heavy atom. The van der Waals surface area contributed by atoms with Gasteiger partial charge in [0.2, 0.25) is 11.6 Å². The lowest BCUT2D eigenvalue weighted by atomic mass is 9.75. The molecule has 0 aromatic heterocycles. The van der Waals surface area contributed by atoms with E-state index in [0.717, 1.165) is 44.1 Å². The van der Waals surface area contributed by atoms with Crippen molar-refractivity contribution < 1.29 is 19.1 Å². The molecule has 1 aromatic carbocycles. The SMILES string of the molecule is CCC(=O)C(=O)C1=CCc2cc(OC)c(C(=O)C3CCC(CC4=CCC(C)C=C4)CC3)cc21. The van der Waals surface area contributed by atoms with Crippen LogP contribution in [0.1, 0.15) is 80.3 Å². The fourth-order valence-electron chi connectivity index (χ4n) is 5.36. The predicted molar refractivity (Wildman–Crippen MR) is 130 cm³/mol. The summed E-state index contributed by atoms with van der Waals surface area (Å²) in [6, 6.07) is 3.66. The molecule has 4 heteroatoms. The van der Waals surface area contributed by atoms with Crippen LogP contribution in [-0.4, -0.2) is 24.5 Å². The normalized spacial score (nSPS) is 24.0. The number of carbonyl (C=O) groups excluding carboxylic acids is 3. The van der Waals surface area contributed by atoms with E-state index in [4.69, 9.17) is 4.74 Å². The summed E-state index contributed by atoms with van der Waals surface area (Å²) < 4.78 is 5.57. The van der Waals surface area contributed by atoms with E-state index in [2.05, 4.69) is 25.2 Å². The zero-order chi connectivity index (χ0) is 23.5. The van der Waals surface area contributed by atoms with Crippen molar-refractivity contribution in [2.24, 2.45) is 17.8 Å². The highest BCUT2D eigenvalue weighted by atomic mass is 16.5. The average Bonchev–Trinajstić information content (AvgIpc) is 3.26. The number of Topliss-reactive ketones (excluding diaryl/α,β-unsaturated/α-hetero) is 3. The number of hydrogen-bond acceptors (Lipinski definition) is 4. The molecule has 4 nitrogen and oxygen atoms in total. The summed E-state index contributed by atoms with van der Waals surface area (Å²) in [5.74, 6) is 1.05. The van der Waals surface area contributed by atoms with E-state index in [-0.39, 0.29) is 18.1 Å². The fourth-order valence-corrected chi connectivity index (χ4v) is 5.36. The molecule has 1 atom stereocenters. The van der Waals surface area contributed by atoms with E-state index in [1.165, 1.54) is 5.57 Å². The largest absolute Gasteiger partial charge is 0.496 e. The quantitative estimate of drug-likeness (QED) is 0.358. The third-order valence-electron chi connectivity index (χ3n) is 7.46. The molecular formula is C29H34O4. The van der Waals surface area contributed by atoms with Crippen LogP contribution in [0.3, 0.4) is 0 Å². The molecule has 1 saturated carbocycles. The molecule has 1 unspecified atom stereocenters. The Balaban J connectivity index is 1.46. The molecule has 4 rings (SSSR count). The molecule has 0 spiro atoms. The first kappa shape index (κ1) is 23.4. The summed E-state index contributed by atoms with van der Waals surface area (Å²) in [6.45, 7) is 3.93. The van der Waals surface area contributed by atoms with Gasteiger partial charge in [-0.1, -0.05) is 43.7 Å². The predicted octanol–water partition coefficient (Wildman–Crippen LogP) is 6.08. The Morgan fingerprint density at radius 1 is 1.06 bits per heavy atom. The van der Waals surface area contributed by atoms with Gasteiger partial charge in [-0.05, 0) is 80.0 Å². The second-order valence-corrected chi connectivity index (χ2v) is 9.77. The van der Waals surface area contributed by atoms with Crippen LogP contribution in [0.5, 0.6) is 5.75 Å². The van der Waals surface area contributed by atoms with Crippen molar-refractivity contribution in [1.82, 2.24) is 0 Å². The summed E-state index contributed by atoms with van der Waals surface area (Å²) in [5.41, 5.74) is 4.05. The summed E-state index contributed by atoms with van der Waals surface area (Å²) in [4.78, 5) is 38.1. The van der Waals surface area contributed by atoms with Gasteiger partial charge in [-0.2, -0.15) is 0 Å². The lowest BCUT2D eigenvalue weighted by Gasteiger charge is -2.29. The molecule has 3 aliphatic carbocycles. The first-order valence-electron chi connectivity index (χ1n) is 12.3. The minimum Gasteiger partial charge on any atom is -0.496 e. The molecule has 0 heterocycles. The first-order valence-corrected chi connectivity index (χ1v) is 12.3. The maximum Gasteiger partial charge on any atom is 0.228 e. The second-order valence-electron chi connectivity index (χ2n) is 9.77. The van der Waals surface area contributed by atoms with Crippen LogP contribution < -0.4 is 4.74 Å². The van der Waals surface area contributed by atoms with Gasteiger partial charge in [0, 0.05) is 17.9 Å². The Kier molecular flexibility index (Phi) is 7.11. The highest BCUT2D eigenvalue weighted by molar-refractivity contribution is 6.54. The van der Waals surface area contributed by atoms with Crippen molar-refractivity contribution >= 4 is 22.9 Å². The molecule has 174 valence electrons. The Hall–Kier alpha value is -2.75. The molecule has 0 aliphatic heterocycles. The molecular weight excluding hydrogens is 412 g/mol. The lowest BCUT2D eigenvalue weighted by Crippen LogP contribution is -2.23. The van der Waals surface area contributed by atoms with Crippen molar-refractivity contribution in [3.63, 3.8) is 0 Å². The summed E-state index contributed by atoms with van der Waals surface area (Å²) in [6.07, 6.45) is 15.6. The Bertz CT molecular complexity index is 1050. The van der Waals surface area contributed by atoms with E-state index in [0.29, 0.717) is 40.7 Å². The van der Waals surface area contributed by atoms with Crippen LogP contribution in [0.25, 0.3) is 5.57 Å². The maximum atomic E-state index is 13.5. The highest BCUT2D eigenvalue weighted by Gasteiger charge is 2.32. The van der Waals surface area contributed by atoms with E-state index >= 15 is 0 Å². The van der Waals surface area contributed by atoms with Gasteiger partial charge in [0.15, 0.2) is 5.78 Å². The number of carbonyl (C=O) groups is 3. The summed E-state index contributed by atoms with van der Waals surface area (Å²) in [5, 5.41) is 0. The van der Waals surface area contributed by atoms with Gasteiger partial charge in [0.25, 0.3) is 0 Å². The van der Waals surface area contributed by atoms with Crippen LogP contribution in [0.4, 0.5) is 0 Å². The molecule has 0 bridgehead atoms. The van der Waals surface area contributed by atoms with Crippen molar-refractivity contribution in [3.05, 3.63) is 58.7 Å². The van der Waals surface area contributed by atoms with E-state index < -0.39 is 11.6 Å². The Morgan fingerprint density at radius 2 is 1.82 bits per heavy atom. The molecule has 0 N–H and O–H groups in total. The van der Waals surface area contributed by atoms with Gasteiger partial charge >= 0.3 is 0 Å². The van der Waals surface area contributed by atoms with Crippen molar-refractivity contribution in [1.29, 1.82) is 0 Å². The average molecular weight is 447 g/mol. The van der Waals surface area contributed by atoms with Crippen molar-refractivity contribution in [2.45, 2.75) is 65.2 Å². The number of ether oxygens (including phenoxy) is 1. The number of rotatable bonds is 8. The highest BCUT2D eigenvalue weighted by Crippen LogP contribution is 2.39. The molecule has 1 fully saturated rings. The van der Waals surface area contributed by atoms with Crippen LogP contribution in [0.15, 0.2) is 42.0 Å². The lowest BCUT2D eigenvalue weighted by molar-refractivity contribution is -0.133. The van der Waals surface area contributed by atoms with Crippen molar-refractivity contribution in [3.8, 4) is 5.75 Å². The van der Waals surface area contributed by atoms with Crippen LogP contribution >= 0.6 is 0 Å². The van der Waals surface area contributed by atoms with Gasteiger partial charge in [-0.15, -0.1) is 0 Å². The molecule has 3 aliphatic rings. The molecule has 0 amide bonds. The van der Waals surface area contributed by atoms with Gasteiger partial charge in [0.05, 0.1) is 12.7 Å². The van der Waals surface area contributed by atoms with E-state index in [9.17, 15) is 14.4 Å². The zero-order valence-corrected chi connectivity index (χ0v) is 20.0. The standard InChI is InChI=1S/C29H34O4/c1-4-26(30)29(32)23-14-13-22-16-27(33-3)25(17-24(22)23)28(31)21-11-9-20(10-12-21)15-19-7-5-18(2)6-8-19/h5,7-8,14,16-18,20-21H,4,6,9-13,15H2,1-3H3. The van der Waals surface area contributed by atoms with Gasteiger partial charge in [0.1, 0.15) is 5.75 Å². The second kappa shape index (κ2) is 10.0. The van der Waals surface area contributed by atoms with Crippen LogP contribution in [0, 0.1) is 17.8 Å². The van der Waals surface area contributed by atoms with Gasteiger partial charge in [-0.3, -0.25) is 14.4 Å². The molecule has 1 aromatic rings. The topological polar surface area (TPSA) is 60.4 Å². The minimum atomic E-state index is -0.458. The van der Waals surface area contributed by atoms with Crippen LogP contribution in [0.2, 0.25) is 0 Å². The fraction of sp³-hybridized carbons (Fsp3) is 0.483. The number of methoxy groups -OCH3 is 1. The smallest absolute Gasteiger partial charge is 0.228 e. The third-order valence-corrected chi connectivity index (χ3v) is 7.46. The number of ketones is 3. The van der Waals surface area contributed by atoms with Gasteiger partial charge in [-0.25, -0.2) is 0 Å². The summed E-state index contributed by atoms with van der Waals surface area (Å²) >= 11 is 0. The van der Waals surface area contributed by atoms with E-state index in [1.807, 2.05) is 6.07 Å². The molecule has 0 radical (unpaired) electrons. The minimum absolute atomic E-state index is 0.0223. The first-order chi connectivity index (χ1) is 15.9. The van der Waals surface area contributed by atoms with E-state index in [1.54, 1.807) is 26.2 Å². The monoisotopic (exact) mass is 446 g/mol. The summed E-state index contributed by atoms with van der Waals surface area (Å²) in [7, 11) is 1.58.